The number of aryl methyl sites for hydroxylation is 2. The Hall–Kier alpha value is -2.69. The van der Waals surface area contributed by atoms with E-state index < -0.39 is 0 Å². The lowest BCUT2D eigenvalue weighted by Crippen LogP contribution is -2.37. The highest BCUT2D eigenvalue weighted by molar-refractivity contribution is 5.33. The van der Waals surface area contributed by atoms with Gasteiger partial charge in [0.1, 0.15) is 5.21 Å². The molecule has 3 aromatic rings. The molecule has 0 radical (unpaired) electrons. The van der Waals surface area contributed by atoms with Crippen LogP contribution in [0.4, 0.5) is 0 Å². The summed E-state index contributed by atoms with van der Waals surface area (Å²) >= 11 is 0. The van der Waals surface area contributed by atoms with Crippen molar-refractivity contribution in [1.29, 1.82) is 0 Å². The minimum atomic E-state index is -0.236. The SMILES string of the molecule is CCCCCCCCc1ccc(-n2n[n+](-c3ccc(CCCCCCCC)cc3)[nH]c2=O)cc1. The Bertz CT molecular complexity index is 1000. The Morgan fingerprint density at radius 1 is 0.676 bits per heavy atom. The van der Waals surface area contributed by atoms with Gasteiger partial charge in [0.05, 0.1) is 0 Å². The summed E-state index contributed by atoms with van der Waals surface area (Å²) in [6.45, 7) is 4.50. The minimum Gasteiger partial charge on any atom is -0.214 e. The van der Waals surface area contributed by atoms with Crippen molar-refractivity contribution in [2.24, 2.45) is 0 Å². The number of tetrazole rings is 1. The molecule has 0 spiro atoms. The fraction of sp³-hybridized carbons (Fsp3) is 0.552. The minimum absolute atomic E-state index is 0.236. The molecule has 0 bridgehead atoms. The van der Waals surface area contributed by atoms with Crippen molar-refractivity contribution in [1.82, 2.24) is 15.0 Å². The quantitative estimate of drug-likeness (QED) is 0.191. The first kappa shape index (κ1) is 25.9. The average molecular weight is 464 g/mol. The smallest absolute Gasteiger partial charge is 0.214 e. The van der Waals surface area contributed by atoms with Crippen molar-refractivity contribution in [3.8, 4) is 11.4 Å². The second kappa shape index (κ2) is 14.5. The third-order valence-corrected chi connectivity index (χ3v) is 6.57. The van der Waals surface area contributed by atoms with Gasteiger partial charge in [0.15, 0.2) is 11.4 Å². The highest BCUT2D eigenvalue weighted by Gasteiger charge is 2.17. The van der Waals surface area contributed by atoms with Crippen LogP contribution >= 0.6 is 0 Å². The predicted molar refractivity (Wildman–Crippen MR) is 140 cm³/mol. The molecule has 0 amide bonds. The van der Waals surface area contributed by atoms with E-state index in [1.165, 1.54) is 92.9 Å². The van der Waals surface area contributed by atoms with Crippen LogP contribution in [0.25, 0.3) is 11.4 Å². The summed E-state index contributed by atoms with van der Waals surface area (Å²) in [5.74, 6) is 0. The van der Waals surface area contributed by atoms with Crippen molar-refractivity contribution in [2.75, 3.05) is 0 Å². The molecule has 1 aromatic heterocycles. The van der Waals surface area contributed by atoms with Gasteiger partial charge in [0.2, 0.25) is 0 Å². The van der Waals surface area contributed by atoms with Gasteiger partial charge in [-0.15, -0.1) is 5.10 Å². The number of unbranched alkanes of at least 4 members (excludes halogenated alkanes) is 10. The molecule has 2 aromatic carbocycles. The number of nitrogens with zero attached hydrogens (tertiary/aromatic N) is 3. The summed E-state index contributed by atoms with van der Waals surface area (Å²) in [5.41, 5.74) is 4.06. The van der Waals surface area contributed by atoms with Gasteiger partial charge < -0.3 is 0 Å². The van der Waals surface area contributed by atoms with Gasteiger partial charge in [-0.25, -0.2) is 4.79 Å². The summed E-state index contributed by atoms with van der Waals surface area (Å²) in [6.07, 6.45) is 17.9. The zero-order valence-electron chi connectivity index (χ0n) is 21.3. The molecule has 1 heterocycles. The third kappa shape index (κ3) is 8.27. The zero-order chi connectivity index (χ0) is 24.0. The predicted octanol–water partition coefficient (Wildman–Crippen LogP) is 6.64. The molecule has 34 heavy (non-hydrogen) atoms. The maximum absolute atomic E-state index is 12.5. The second-order valence-electron chi connectivity index (χ2n) is 9.50. The van der Waals surface area contributed by atoms with E-state index in [-0.39, 0.29) is 5.69 Å². The van der Waals surface area contributed by atoms with Crippen molar-refractivity contribution >= 4 is 0 Å². The van der Waals surface area contributed by atoms with Gasteiger partial charge in [0.25, 0.3) is 0 Å². The van der Waals surface area contributed by atoms with E-state index >= 15 is 0 Å². The zero-order valence-corrected chi connectivity index (χ0v) is 21.3. The lowest BCUT2D eigenvalue weighted by atomic mass is 10.0. The van der Waals surface area contributed by atoms with E-state index in [9.17, 15) is 4.79 Å². The van der Waals surface area contributed by atoms with Gasteiger partial charge in [-0.1, -0.05) is 102 Å². The molecule has 0 saturated carbocycles. The van der Waals surface area contributed by atoms with Gasteiger partial charge in [-0.3, -0.25) is 0 Å². The highest BCUT2D eigenvalue weighted by atomic mass is 16.2. The summed E-state index contributed by atoms with van der Waals surface area (Å²) in [6, 6.07) is 16.6. The van der Waals surface area contributed by atoms with Crippen LogP contribution in [0, 0.1) is 0 Å². The van der Waals surface area contributed by atoms with Crippen LogP contribution in [-0.2, 0) is 12.8 Å². The molecular weight excluding hydrogens is 420 g/mol. The molecule has 0 aliphatic heterocycles. The van der Waals surface area contributed by atoms with Gasteiger partial charge >= 0.3 is 5.69 Å². The van der Waals surface area contributed by atoms with Crippen LogP contribution in [0.5, 0.6) is 0 Å². The molecule has 184 valence electrons. The Labute approximate surface area is 205 Å². The Morgan fingerprint density at radius 3 is 1.68 bits per heavy atom. The number of aromatic nitrogens is 4. The number of hydrogen-bond acceptors (Lipinski definition) is 2. The number of hydrogen-bond donors (Lipinski definition) is 1. The first-order chi connectivity index (χ1) is 16.7. The molecule has 5 heteroatoms. The lowest BCUT2D eigenvalue weighted by molar-refractivity contribution is -0.718. The summed E-state index contributed by atoms with van der Waals surface area (Å²) in [7, 11) is 0. The molecular formula is C29H43N4O+. The second-order valence-corrected chi connectivity index (χ2v) is 9.50. The van der Waals surface area contributed by atoms with E-state index in [0.717, 1.165) is 24.2 Å². The van der Waals surface area contributed by atoms with Gasteiger partial charge in [-0.2, -0.15) is 0 Å². The lowest BCUT2D eigenvalue weighted by Gasteiger charge is -2.02. The molecule has 0 saturated heterocycles. The Kier molecular flexibility index (Phi) is 11.1. The molecule has 0 aliphatic carbocycles. The largest absolute Gasteiger partial charge is 0.471 e. The number of rotatable bonds is 16. The van der Waals surface area contributed by atoms with Crippen LogP contribution in [-0.4, -0.2) is 15.0 Å². The van der Waals surface area contributed by atoms with Crippen molar-refractivity contribution < 1.29 is 4.80 Å². The molecule has 1 N–H and O–H groups in total. The summed E-state index contributed by atoms with van der Waals surface area (Å²) in [4.78, 5) is 14.1. The summed E-state index contributed by atoms with van der Waals surface area (Å²) < 4.78 is 1.43. The highest BCUT2D eigenvalue weighted by Crippen LogP contribution is 2.13. The Morgan fingerprint density at radius 2 is 1.15 bits per heavy atom. The normalized spacial score (nSPS) is 11.2. The standard InChI is InChI=1S/C29H42N4O/c1-3-5-7-9-11-13-15-25-17-21-27(22-18-25)32-29(34)30-33(31-32)28-23-19-26(20-24-28)16-14-12-10-8-6-4-2/h17-24H,3-16H2,1-2H3/p+1. The Balaban J connectivity index is 1.52. The molecule has 3 rings (SSSR count). The fourth-order valence-corrected chi connectivity index (χ4v) is 4.40. The first-order valence-electron chi connectivity index (χ1n) is 13.5. The number of nitrogens with one attached hydrogen (secondary N) is 1. The number of aromatic amines is 1. The van der Waals surface area contributed by atoms with Crippen LogP contribution < -0.4 is 10.5 Å². The van der Waals surface area contributed by atoms with E-state index in [1.54, 1.807) is 4.80 Å². The van der Waals surface area contributed by atoms with Crippen LogP contribution in [0.3, 0.4) is 0 Å². The van der Waals surface area contributed by atoms with E-state index in [0.29, 0.717) is 0 Å². The average Bonchev–Trinajstić information content (AvgIpc) is 3.26. The molecule has 5 nitrogen and oxygen atoms in total. The van der Waals surface area contributed by atoms with Crippen molar-refractivity contribution in [3.05, 3.63) is 70.1 Å². The molecule has 0 fully saturated rings. The molecule has 0 unspecified atom stereocenters. The van der Waals surface area contributed by atoms with Crippen LogP contribution in [0.15, 0.2) is 53.3 Å². The number of benzene rings is 2. The summed E-state index contributed by atoms with van der Waals surface area (Å²) in [5, 5.41) is 7.32. The van der Waals surface area contributed by atoms with E-state index in [4.69, 9.17) is 0 Å². The van der Waals surface area contributed by atoms with E-state index in [2.05, 4.69) is 48.4 Å². The van der Waals surface area contributed by atoms with Crippen molar-refractivity contribution in [3.63, 3.8) is 0 Å². The fourth-order valence-electron chi connectivity index (χ4n) is 4.40. The van der Waals surface area contributed by atoms with Crippen molar-refractivity contribution in [2.45, 2.75) is 104 Å². The van der Waals surface area contributed by atoms with Crippen LogP contribution in [0.2, 0.25) is 0 Å². The third-order valence-electron chi connectivity index (χ3n) is 6.57. The van der Waals surface area contributed by atoms with Gasteiger partial charge in [-0.05, 0) is 70.6 Å². The van der Waals surface area contributed by atoms with Gasteiger partial charge in [0, 0.05) is 0 Å². The maximum atomic E-state index is 12.5. The topological polar surface area (TPSA) is 54.6 Å². The molecule has 0 atom stereocenters. The maximum Gasteiger partial charge on any atom is 0.471 e. The molecule has 0 aliphatic rings. The first-order valence-corrected chi connectivity index (χ1v) is 13.5. The van der Waals surface area contributed by atoms with Crippen LogP contribution in [0.1, 0.15) is 102 Å². The van der Waals surface area contributed by atoms with E-state index in [1.807, 2.05) is 24.3 Å². The monoisotopic (exact) mass is 463 g/mol. The number of H-pyrrole nitrogens is 1.